The lowest BCUT2D eigenvalue weighted by atomic mass is 10.0. The molecule has 0 aliphatic carbocycles. The summed E-state index contributed by atoms with van der Waals surface area (Å²) in [4.78, 5) is 0. The SMILES string of the molecule is CCNCNC([SiH3])(CC)C(C)C. The Morgan fingerprint density at radius 1 is 1.33 bits per heavy atom. The molecule has 0 saturated heterocycles. The molecule has 0 radical (unpaired) electrons. The van der Waals surface area contributed by atoms with Gasteiger partial charge in [0.1, 0.15) is 0 Å². The van der Waals surface area contributed by atoms with Gasteiger partial charge in [-0.05, 0) is 18.9 Å². The summed E-state index contributed by atoms with van der Waals surface area (Å²) in [5.41, 5.74) is 0. The molecule has 0 spiro atoms. The van der Waals surface area contributed by atoms with Gasteiger partial charge < -0.3 is 10.6 Å². The van der Waals surface area contributed by atoms with E-state index in [1.54, 1.807) is 0 Å². The summed E-state index contributed by atoms with van der Waals surface area (Å²) < 4.78 is 0. The summed E-state index contributed by atoms with van der Waals surface area (Å²) in [5.74, 6) is 0.743. The smallest absolute Gasteiger partial charge is 0.0455 e. The second-order valence-electron chi connectivity index (χ2n) is 3.88. The van der Waals surface area contributed by atoms with E-state index in [0.29, 0.717) is 5.16 Å². The monoisotopic (exact) mass is 188 g/mol. The van der Waals surface area contributed by atoms with Gasteiger partial charge in [0.2, 0.25) is 0 Å². The third-order valence-electron chi connectivity index (χ3n) is 2.88. The third-order valence-corrected chi connectivity index (χ3v) is 5.09. The first kappa shape index (κ1) is 12.1. The lowest BCUT2D eigenvalue weighted by molar-refractivity contribution is 0.327. The zero-order valence-electron chi connectivity index (χ0n) is 9.20. The number of rotatable bonds is 6. The van der Waals surface area contributed by atoms with Gasteiger partial charge in [0.05, 0.1) is 0 Å². The van der Waals surface area contributed by atoms with E-state index in [-0.39, 0.29) is 0 Å². The quantitative estimate of drug-likeness (QED) is 0.355. The van der Waals surface area contributed by atoms with E-state index in [1.165, 1.54) is 16.7 Å². The Labute approximate surface area is 79.9 Å². The third kappa shape index (κ3) is 3.69. The molecule has 1 atom stereocenters. The normalized spacial score (nSPS) is 16.8. The Bertz CT molecular complexity index is 117. The van der Waals surface area contributed by atoms with Crippen LogP contribution in [0, 0.1) is 5.92 Å². The first-order valence-electron chi connectivity index (χ1n) is 5.02. The average molecular weight is 188 g/mol. The zero-order valence-corrected chi connectivity index (χ0v) is 11.2. The molecule has 0 aromatic heterocycles. The van der Waals surface area contributed by atoms with Crippen molar-refractivity contribution in [2.24, 2.45) is 5.92 Å². The molecule has 0 aliphatic heterocycles. The molecule has 0 aliphatic rings. The minimum absolute atomic E-state index is 0.419. The van der Waals surface area contributed by atoms with Gasteiger partial charge >= 0.3 is 0 Å². The summed E-state index contributed by atoms with van der Waals surface area (Å²) in [6.45, 7) is 11.0. The molecule has 0 aromatic carbocycles. The van der Waals surface area contributed by atoms with Gasteiger partial charge in [-0.3, -0.25) is 0 Å². The molecule has 0 heterocycles. The van der Waals surface area contributed by atoms with Crippen molar-refractivity contribution in [3.05, 3.63) is 0 Å². The van der Waals surface area contributed by atoms with Crippen molar-refractivity contribution < 1.29 is 0 Å². The van der Waals surface area contributed by atoms with E-state index in [9.17, 15) is 0 Å². The molecule has 0 rings (SSSR count). The van der Waals surface area contributed by atoms with Crippen molar-refractivity contribution >= 4 is 10.2 Å². The Hall–Kier alpha value is 0.137. The van der Waals surface area contributed by atoms with Crippen LogP contribution in [-0.2, 0) is 0 Å². The van der Waals surface area contributed by atoms with E-state index in [0.717, 1.165) is 19.1 Å². The molecule has 2 N–H and O–H groups in total. The Morgan fingerprint density at radius 2 is 1.92 bits per heavy atom. The number of nitrogens with one attached hydrogen (secondary N) is 2. The molecule has 74 valence electrons. The maximum absolute atomic E-state index is 3.60. The maximum Gasteiger partial charge on any atom is 0.0455 e. The van der Waals surface area contributed by atoms with Crippen LogP contribution in [0.1, 0.15) is 34.1 Å². The van der Waals surface area contributed by atoms with Gasteiger partial charge in [-0.15, -0.1) is 0 Å². The van der Waals surface area contributed by atoms with Crippen molar-refractivity contribution in [3.63, 3.8) is 0 Å². The van der Waals surface area contributed by atoms with Gasteiger partial charge in [0.15, 0.2) is 0 Å². The molecular weight excluding hydrogens is 164 g/mol. The van der Waals surface area contributed by atoms with Crippen molar-refractivity contribution in [3.8, 4) is 0 Å². The molecule has 3 heteroatoms. The summed E-state index contributed by atoms with van der Waals surface area (Å²) in [7, 11) is 1.22. The summed E-state index contributed by atoms with van der Waals surface area (Å²) in [6, 6.07) is 0. The van der Waals surface area contributed by atoms with Crippen LogP contribution in [0.3, 0.4) is 0 Å². The average Bonchev–Trinajstić information content (AvgIpc) is 2.04. The molecule has 0 aromatic rings. The van der Waals surface area contributed by atoms with E-state index >= 15 is 0 Å². The number of hydrogen-bond donors (Lipinski definition) is 2. The van der Waals surface area contributed by atoms with Crippen LogP contribution >= 0.6 is 0 Å². The first-order valence-corrected chi connectivity index (χ1v) is 6.02. The highest BCUT2D eigenvalue weighted by Gasteiger charge is 2.24. The second-order valence-corrected chi connectivity index (χ2v) is 5.67. The predicted molar refractivity (Wildman–Crippen MR) is 59.5 cm³/mol. The zero-order chi connectivity index (χ0) is 9.61. The van der Waals surface area contributed by atoms with Crippen LogP contribution in [-0.4, -0.2) is 28.6 Å². The van der Waals surface area contributed by atoms with Crippen molar-refractivity contribution in [1.29, 1.82) is 0 Å². The summed E-state index contributed by atoms with van der Waals surface area (Å²) in [6.07, 6.45) is 1.24. The second kappa shape index (κ2) is 5.73. The van der Waals surface area contributed by atoms with Gasteiger partial charge in [-0.25, -0.2) is 0 Å². The largest absolute Gasteiger partial charge is 0.305 e. The maximum atomic E-state index is 3.60. The van der Waals surface area contributed by atoms with Gasteiger partial charge in [0.25, 0.3) is 0 Å². The summed E-state index contributed by atoms with van der Waals surface area (Å²) in [5, 5.41) is 7.32. The molecule has 0 fully saturated rings. The summed E-state index contributed by atoms with van der Waals surface area (Å²) >= 11 is 0. The van der Waals surface area contributed by atoms with Crippen molar-refractivity contribution in [2.75, 3.05) is 13.2 Å². The fourth-order valence-corrected chi connectivity index (χ4v) is 1.30. The van der Waals surface area contributed by atoms with E-state index in [1.807, 2.05) is 0 Å². The lowest BCUT2D eigenvalue weighted by Crippen LogP contribution is -2.52. The van der Waals surface area contributed by atoms with E-state index < -0.39 is 0 Å². The van der Waals surface area contributed by atoms with Gasteiger partial charge in [0, 0.05) is 22.1 Å². The fourth-order valence-electron chi connectivity index (χ4n) is 1.13. The molecule has 1 unspecified atom stereocenters. The van der Waals surface area contributed by atoms with E-state index in [4.69, 9.17) is 0 Å². The lowest BCUT2D eigenvalue weighted by Gasteiger charge is -2.34. The van der Waals surface area contributed by atoms with Gasteiger partial charge in [-0.2, -0.15) is 0 Å². The predicted octanol–water partition coefficient (Wildman–Crippen LogP) is 0.271. The van der Waals surface area contributed by atoms with Crippen molar-refractivity contribution in [1.82, 2.24) is 10.6 Å². The van der Waals surface area contributed by atoms with Gasteiger partial charge in [-0.1, -0.05) is 27.7 Å². The van der Waals surface area contributed by atoms with Crippen LogP contribution in [0.2, 0.25) is 0 Å². The highest BCUT2D eigenvalue weighted by atomic mass is 28.1. The van der Waals surface area contributed by atoms with Crippen molar-refractivity contribution in [2.45, 2.75) is 39.3 Å². The fraction of sp³-hybridized carbons (Fsp3) is 1.00. The Balaban J connectivity index is 3.80. The van der Waals surface area contributed by atoms with E-state index in [2.05, 4.69) is 38.3 Å². The van der Waals surface area contributed by atoms with Crippen LogP contribution in [0.25, 0.3) is 0 Å². The van der Waals surface area contributed by atoms with Crippen LogP contribution < -0.4 is 10.6 Å². The first-order chi connectivity index (χ1) is 5.56. The minimum atomic E-state index is 0.419. The standard InChI is InChI=1S/C9H24N2Si/c1-5-9(12,8(3)4)11-7-10-6-2/h8,10-11H,5-7H2,1-4,12H3. The highest BCUT2D eigenvalue weighted by Crippen LogP contribution is 2.15. The molecule has 0 saturated carbocycles. The molecular formula is C9H24N2Si. The van der Waals surface area contributed by atoms with Crippen LogP contribution in [0.15, 0.2) is 0 Å². The topological polar surface area (TPSA) is 24.1 Å². The molecule has 0 amide bonds. The minimum Gasteiger partial charge on any atom is -0.305 e. The molecule has 12 heavy (non-hydrogen) atoms. The van der Waals surface area contributed by atoms with Crippen LogP contribution in [0.4, 0.5) is 0 Å². The number of hydrogen-bond acceptors (Lipinski definition) is 2. The Morgan fingerprint density at radius 3 is 2.25 bits per heavy atom. The molecule has 0 bridgehead atoms. The van der Waals surface area contributed by atoms with Crippen LogP contribution in [0.5, 0.6) is 0 Å². The molecule has 2 nitrogen and oxygen atoms in total. The highest BCUT2D eigenvalue weighted by molar-refractivity contribution is 6.15. The Kier molecular flexibility index (Phi) is 5.79.